The Morgan fingerprint density at radius 3 is 2.78 bits per heavy atom. The fraction of sp³-hybridized carbons (Fsp3) is 0.143. The zero-order chi connectivity index (χ0) is 16.8. The van der Waals surface area contributed by atoms with E-state index in [2.05, 4.69) is 20.6 Å². The summed E-state index contributed by atoms with van der Waals surface area (Å²) in [5.41, 5.74) is 6.99. The van der Waals surface area contributed by atoms with Crippen LogP contribution in [0.5, 0.6) is 0 Å². The van der Waals surface area contributed by atoms with Gasteiger partial charge in [0.25, 0.3) is 5.91 Å². The van der Waals surface area contributed by atoms with Crippen LogP contribution < -0.4 is 16.4 Å². The van der Waals surface area contributed by atoms with Gasteiger partial charge in [-0.25, -0.2) is 9.78 Å². The number of carbonyl (C=O) groups excluding carboxylic acids is 2. The van der Waals surface area contributed by atoms with E-state index in [-0.39, 0.29) is 17.7 Å². The Morgan fingerprint density at radius 1 is 1.39 bits per heavy atom. The lowest BCUT2D eigenvalue weighted by atomic mass is 10.1. The molecule has 0 aliphatic rings. The number of carbonyl (C=O) groups is 3. The van der Waals surface area contributed by atoms with Crippen molar-refractivity contribution in [3.8, 4) is 0 Å². The van der Waals surface area contributed by atoms with Crippen molar-refractivity contribution in [1.29, 1.82) is 0 Å². The summed E-state index contributed by atoms with van der Waals surface area (Å²) >= 11 is 0. The number of carboxylic acids is 1. The van der Waals surface area contributed by atoms with Crippen LogP contribution in [0.3, 0.4) is 0 Å². The molecular weight excluding hydrogens is 302 g/mol. The van der Waals surface area contributed by atoms with Crippen LogP contribution in [0.2, 0.25) is 0 Å². The molecule has 23 heavy (non-hydrogen) atoms. The molecule has 2 aromatic rings. The normalized spacial score (nSPS) is 11.5. The molecule has 0 bridgehead atoms. The predicted octanol–water partition coefficient (Wildman–Crippen LogP) is -0.0141. The van der Waals surface area contributed by atoms with Crippen molar-refractivity contribution >= 4 is 29.7 Å². The standard InChI is InChI=1S/C14H15N5O4/c15-9-1-8(2-10(3-9)18-7-20)13(21)19-12(14(22)23)4-11-5-16-6-17-11/h1-3,5-7,12H,4,15H2,(H,16,17)(H,18,20)(H,19,21)(H,22,23). The molecule has 1 aromatic carbocycles. The molecule has 0 saturated heterocycles. The maximum atomic E-state index is 12.2. The fourth-order valence-electron chi connectivity index (χ4n) is 1.99. The van der Waals surface area contributed by atoms with E-state index in [1.54, 1.807) is 0 Å². The molecule has 0 radical (unpaired) electrons. The van der Waals surface area contributed by atoms with E-state index >= 15 is 0 Å². The topological polar surface area (TPSA) is 150 Å². The second kappa shape index (κ2) is 7.07. The summed E-state index contributed by atoms with van der Waals surface area (Å²) in [6.45, 7) is 0. The van der Waals surface area contributed by atoms with Crippen LogP contribution in [0.25, 0.3) is 0 Å². The van der Waals surface area contributed by atoms with Gasteiger partial charge in [0, 0.05) is 35.2 Å². The van der Waals surface area contributed by atoms with Crippen molar-refractivity contribution in [3.63, 3.8) is 0 Å². The molecule has 9 heteroatoms. The molecule has 0 aliphatic heterocycles. The van der Waals surface area contributed by atoms with Crippen LogP contribution in [0.15, 0.2) is 30.7 Å². The lowest BCUT2D eigenvalue weighted by Crippen LogP contribution is -2.42. The van der Waals surface area contributed by atoms with Crippen LogP contribution in [-0.4, -0.2) is 39.4 Å². The number of hydrogen-bond donors (Lipinski definition) is 5. The van der Waals surface area contributed by atoms with Crippen LogP contribution in [0.1, 0.15) is 16.1 Å². The number of amides is 2. The van der Waals surface area contributed by atoms with Gasteiger partial charge in [-0.1, -0.05) is 0 Å². The third-order valence-corrected chi connectivity index (χ3v) is 3.03. The Morgan fingerprint density at radius 2 is 2.17 bits per heavy atom. The van der Waals surface area contributed by atoms with E-state index in [4.69, 9.17) is 5.73 Å². The number of carboxylic acid groups (broad SMARTS) is 1. The molecule has 9 nitrogen and oxygen atoms in total. The van der Waals surface area contributed by atoms with Crippen LogP contribution in [0, 0.1) is 0 Å². The second-order valence-electron chi connectivity index (χ2n) is 4.75. The van der Waals surface area contributed by atoms with Crippen molar-refractivity contribution in [2.75, 3.05) is 11.1 Å². The zero-order valence-electron chi connectivity index (χ0n) is 11.9. The molecular formula is C14H15N5O4. The van der Waals surface area contributed by atoms with Crippen molar-refractivity contribution in [3.05, 3.63) is 42.0 Å². The first kappa shape index (κ1) is 16.0. The zero-order valence-corrected chi connectivity index (χ0v) is 11.9. The van der Waals surface area contributed by atoms with Crippen molar-refractivity contribution in [1.82, 2.24) is 15.3 Å². The summed E-state index contributed by atoms with van der Waals surface area (Å²) in [5, 5.41) is 14.0. The summed E-state index contributed by atoms with van der Waals surface area (Å²) < 4.78 is 0. The molecule has 2 rings (SSSR count). The van der Waals surface area contributed by atoms with E-state index in [9.17, 15) is 19.5 Å². The number of benzene rings is 1. The monoisotopic (exact) mass is 317 g/mol. The van der Waals surface area contributed by atoms with Crippen LogP contribution in [0.4, 0.5) is 11.4 Å². The summed E-state index contributed by atoms with van der Waals surface area (Å²) in [6.07, 6.45) is 3.41. The SMILES string of the molecule is Nc1cc(NC=O)cc(C(=O)NC(Cc2cnc[nH]2)C(=O)O)c1. The quantitative estimate of drug-likeness (QED) is 0.358. The van der Waals surface area contributed by atoms with Gasteiger partial charge in [-0.15, -0.1) is 0 Å². The van der Waals surface area contributed by atoms with Gasteiger partial charge in [0.15, 0.2) is 0 Å². The van der Waals surface area contributed by atoms with Crippen molar-refractivity contribution in [2.24, 2.45) is 0 Å². The van der Waals surface area contributed by atoms with Gasteiger partial charge in [0.05, 0.1) is 6.33 Å². The van der Waals surface area contributed by atoms with Gasteiger partial charge < -0.3 is 26.5 Å². The molecule has 2 amide bonds. The van der Waals surface area contributed by atoms with Crippen LogP contribution in [-0.2, 0) is 16.0 Å². The van der Waals surface area contributed by atoms with E-state index in [0.717, 1.165) is 0 Å². The molecule has 0 aliphatic carbocycles. The number of anilines is 2. The summed E-state index contributed by atoms with van der Waals surface area (Å²) in [5.74, 6) is -1.79. The molecule has 1 atom stereocenters. The average molecular weight is 317 g/mol. The molecule has 0 fully saturated rings. The number of nitrogen functional groups attached to an aromatic ring is 1. The molecule has 120 valence electrons. The highest BCUT2D eigenvalue weighted by molar-refractivity contribution is 5.98. The van der Waals surface area contributed by atoms with Gasteiger partial charge >= 0.3 is 5.97 Å². The highest BCUT2D eigenvalue weighted by Gasteiger charge is 2.22. The summed E-state index contributed by atoms with van der Waals surface area (Å²) in [6, 6.07) is 3.13. The van der Waals surface area contributed by atoms with Gasteiger partial charge in [-0.05, 0) is 18.2 Å². The number of aliphatic carboxylic acids is 1. The molecule has 0 spiro atoms. The highest BCUT2D eigenvalue weighted by atomic mass is 16.4. The minimum atomic E-state index is -1.18. The molecule has 1 unspecified atom stereocenters. The number of aromatic nitrogens is 2. The maximum absolute atomic E-state index is 12.2. The van der Waals surface area contributed by atoms with Gasteiger partial charge in [0.1, 0.15) is 6.04 Å². The van der Waals surface area contributed by atoms with Crippen molar-refractivity contribution < 1.29 is 19.5 Å². The van der Waals surface area contributed by atoms with Gasteiger partial charge in [0.2, 0.25) is 6.41 Å². The Labute approximate surface area is 130 Å². The minimum Gasteiger partial charge on any atom is -0.480 e. The van der Waals surface area contributed by atoms with E-state index in [1.807, 2.05) is 0 Å². The first-order valence-corrected chi connectivity index (χ1v) is 6.61. The Kier molecular flexibility index (Phi) is 4.92. The predicted molar refractivity (Wildman–Crippen MR) is 81.7 cm³/mol. The van der Waals surface area contributed by atoms with E-state index in [0.29, 0.717) is 17.8 Å². The molecule has 0 saturated carbocycles. The molecule has 1 aromatic heterocycles. The summed E-state index contributed by atoms with van der Waals surface area (Å²) in [4.78, 5) is 40.6. The Bertz CT molecular complexity index is 714. The number of nitrogens with two attached hydrogens (primary N) is 1. The van der Waals surface area contributed by atoms with Crippen molar-refractivity contribution in [2.45, 2.75) is 12.5 Å². The number of nitrogens with zero attached hydrogens (tertiary/aromatic N) is 1. The van der Waals surface area contributed by atoms with Gasteiger partial charge in [-0.3, -0.25) is 9.59 Å². The number of aromatic amines is 1. The Balaban J connectivity index is 2.15. The summed E-state index contributed by atoms with van der Waals surface area (Å²) in [7, 11) is 0. The first-order valence-electron chi connectivity index (χ1n) is 6.61. The number of nitrogens with one attached hydrogen (secondary N) is 3. The minimum absolute atomic E-state index is 0.0584. The first-order chi connectivity index (χ1) is 11.0. The van der Waals surface area contributed by atoms with Gasteiger partial charge in [-0.2, -0.15) is 0 Å². The number of imidazole rings is 1. The molecule has 1 heterocycles. The smallest absolute Gasteiger partial charge is 0.326 e. The van der Waals surface area contributed by atoms with E-state index in [1.165, 1.54) is 30.7 Å². The largest absolute Gasteiger partial charge is 0.480 e. The fourth-order valence-corrected chi connectivity index (χ4v) is 1.99. The maximum Gasteiger partial charge on any atom is 0.326 e. The number of H-pyrrole nitrogens is 1. The third-order valence-electron chi connectivity index (χ3n) is 3.03. The lowest BCUT2D eigenvalue weighted by Gasteiger charge is -2.14. The second-order valence-corrected chi connectivity index (χ2v) is 4.75. The highest BCUT2D eigenvalue weighted by Crippen LogP contribution is 2.16. The number of rotatable bonds is 7. The Hall–Kier alpha value is -3.36. The molecule has 6 N–H and O–H groups in total. The van der Waals surface area contributed by atoms with Crippen LogP contribution >= 0.6 is 0 Å². The number of hydrogen-bond acceptors (Lipinski definition) is 5. The lowest BCUT2D eigenvalue weighted by molar-refractivity contribution is -0.139. The van der Waals surface area contributed by atoms with E-state index < -0.39 is 17.9 Å². The third kappa shape index (κ3) is 4.30. The average Bonchev–Trinajstić information content (AvgIpc) is 2.99.